The molecule has 1 atom stereocenters. The number of rotatable bonds is 2. The largest absolute Gasteiger partial charge is 0.480 e. The van der Waals surface area contributed by atoms with Gasteiger partial charge in [-0.15, -0.1) is 0 Å². The Labute approximate surface area is 88.9 Å². The molecule has 0 aliphatic rings. The predicted molar refractivity (Wildman–Crippen MR) is 57.4 cm³/mol. The highest BCUT2D eigenvalue weighted by Gasteiger charge is 2.09. The van der Waals surface area contributed by atoms with Crippen LogP contribution < -0.4 is 5.32 Å². The number of benzene rings is 1. The van der Waals surface area contributed by atoms with Crippen LogP contribution in [0, 0.1) is 0 Å². The van der Waals surface area contributed by atoms with Gasteiger partial charge in [0.1, 0.15) is 6.04 Å². The average Bonchev–Trinajstić information content (AvgIpc) is 2.20. The van der Waals surface area contributed by atoms with Crippen LogP contribution in [0.2, 0.25) is 0 Å². The average molecular weight is 209 g/mol. The highest BCUT2D eigenvalue weighted by atomic mass is 16.4. The van der Waals surface area contributed by atoms with Crippen LogP contribution in [-0.4, -0.2) is 23.0 Å². The monoisotopic (exact) mass is 209 g/mol. The summed E-state index contributed by atoms with van der Waals surface area (Å²) in [7, 11) is 0. The Morgan fingerprint density at radius 1 is 1.07 bits per heavy atom. The van der Waals surface area contributed by atoms with E-state index in [1.807, 2.05) is 36.4 Å². The van der Waals surface area contributed by atoms with Crippen molar-refractivity contribution in [2.75, 3.05) is 0 Å². The van der Waals surface area contributed by atoms with Crippen molar-refractivity contribution in [1.82, 2.24) is 5.32 Å². The third kappa shape index (κ3) is 8.49. The fraction of sp³-hybridized carbons (Fsp3) is 0.273. The van der Waals surface area contributed by atoms with Crippen LogP contribution in [0.15, 0.2) is 36.4 Å². The van der Waals surface area contributed by atoms with E-state index in [1.165, 1.54) is 13.8 Å². The van der Waals surface area contributed by atoms with Gasteiger partial charge in [-0.3, -0.25) is 9.59 Å². The van der Waals surface area contributed by atoms with Gasteiger partial charge in [-0.05, 0) is 6.92 Å². The molecule has 0 bridgehead atoms. The van der Waals surface area contributed by atoms with Crippen LogP contribution in [0.4, 0.5) is 0 Å². The number of carbonyl (C=O) groups excluding carboxylic acids is 1. The minimum atomic E-state index is -1.02. The molecule has 1 unspecified atom stereocenters. The number of carboxylic acid groups (broad SMARTS) is 1. The van der Waals surface area contributed by atoms with Crippen molar-refractivity contribution >= 4 is 11.9 Å². The number of aliphatic carboxylic acids is 1. The summed E-state index contributed by atoms with van der Waals surface area (Å²) in [6.07, 6.45) is 0. The van der Waals surface area contributed by atoms with Crippen LogP contribution >= 0.6 is 0 Å². The van der Waals surface area contributed by atoms with Crippen LogP contribution in [-0.2, 0) is 9.59 Å². The van der Waals surface area contributed by atoms with Gasteiger partial charge >= 0.3 is 5.97 Å². The Kier molecular flexibility index (Phi) is 6.63. The van der Waals surface area contributed by atoms with E-state index >= 15 is 0 Å². The molecule has 0 heterocycles. The molecule has 0 aliphatic heterocycles. The second-order valence-electron chi connectivity index (χ2n) is 2.92. The molecular weight excluding hydrogens is 194 g/mol. The molecule has 0 saturated heterocycles. The first-order valence-corrected chi connectivity index (χ1v) is 4.54. The van der Waals surface area contributed by atoms with Crippen molar-refractivity contribution in [3.05, 3.63) is 36.4 Å². The van der Waals surface area contributed by atoms with Gasteiger partial charge in [0.05, 0.1) is 0 Å². The number of hydrogen-bond donors (Lipinski definition) is 2. The lowest BCUT2D eigenvalue weighted by molar-refractivity contribution is -0.140. The van der Waals surface area contributed by atoms with E-state index in [1.54, 1.807) is 0 Å². The van der Waals surface area contributed by atoms with Crippen molar-refractivity contribution < 1.29 is 14.7 Å². The Morgan fingerprint density at radius 2 is 1.40 bits per heavy atom. The lowest BCUT2D eigenvalue weighted by atomic mass is 10.3. The third-order valence-electron chi connectivity index (χ3n) is 1.46. The van der Waals surface area contributed by atoms with Gasteiger partial charge < -0.3 is 10.4 Å². The summed E-state index contributed by atoms with van der Waals surface area (Å²) in [5.41, 5.74) is 0. The highest BCUT2D eigenvalue weighted by Crippen LogP contribution is 1.80. The van der Waals surface area contributed by atoms with Crippen LogP contribution in [0.25, 0.3) is 0 Å². The van der Waals surface area contributed by atoms with Gasteiger partial charge in [-0.1, -0.05) is 36.4 Å². The van der Waals surface area contributed by atoms with E-state index in [2.05, 4.69) is 5.32 Å². The minimum Gasteiger partial charge on any atom is -0.480 e. The van der Waals surface area contributed by atoms with Crippen molar-refractivity contribution in [3.63, 3.8) is 0 Å². The molecule has 0 aromatic heterocycles. The molecule has 0 radical (unpaired) electrons. The zero-order valence-corrected chi connectivity index (χ0v) is 8.81. The summed E-state index contributed by atoms with van der Waals surface area (Å²) in [6.45, 7) is 2.68. The number of carboxylic acids is 1. The number of amides is 1. The molecule has 1 aromatic rings. The molecule has 0 aliphatic carbocycles. The smallest absolute Gasteiger partial charge is 0.325 e. The standard InChI is InChI=1S/C6H6.C5H9NO3/c1-2-4-6-5-3-1;1-3(5(8)9)6-4(2)7/h1-6H;3H,1-2H3,(H,6,7)(H,8,9). The number of carbonyl (C=O) groups is 2. The van der Waals surface area contributed by atoms with Crippen molar-refractivity contribution in [1.29, 1.82) is 0 Å². The van der Waals surface area contributed by atoms with E-state index in [-0.39, 0.29) is 5.91 Å². The molecule has 1 amide bonds. The Balaban J connectivity index is 0.000000280. The predicted octanol–water partition coefficient (Wildman–Crippen LogP) is 1.28. The van der Waals surface area contributed by atoms with Gasteiger partial charge in [0.2, 0.25) is 5.91 Å². The summed E-state index contributed by atoms with van der Waals surface area (Å²) in [5.74, 6) is -1.35. The van der Waals surface area contributed by atoms with E-state index in [0.717, 1.165) is 0 Å². The second-order valence-corrected chi connectivity index (χ2v) is 2.92. The van der Waals surface area contributed by atoms with Gasteiger partial charge in [0, 0.05) is 6.92 Å². The molecule has 4 heteroatoms. The maximum atomic E-state index is 10.2. The first kappa shape index (κ1) is 13.2. The SMILES string of the molecule is CC(=O)NC(C)C(=O)O.c1ccccc1. The molecule has 2 N–H and O–H groups in total. The van der Waals surface area contributed by atoms with Crippen molar-refractivity contribution in [2.45, 2.75) is 19.9 Å². The van der Waals surface area contributed by atoms with Crippen LogP contribution in [0.1, 0.15) is 13.8 Å². The molecule has 1 rings (SSSR count). The molecular formula is C11H15NO3. The lowest BCUT2D eigenvalue weighted by Crippen LogP contribution is -2.36. The first-order valence-electron chi connectivity index (χ1n) is 4.54. The first-order chi connectivity index (χ1) is 7.04. The van der Waals surface area contributed by atoms with Crippen LogP contribution in [0.5, 0.6) is 0 Å². The van der Waals surface area contributed by atoms with E-state index in [0.29, 0.717) is 0 Å². The maximum Gasteiger partial charge on any atom is 0.325 e. The van der Waals surface area contributed by atoms with Crippen molar-refractivity contribution in [2.24, 2.45) is 0 Å². The lowest BCUT2D eigenvalue weighted by Gasteiger charge is -2.04. The van der Waals surface area contributed by atoms with E-state index in [9.17, 15) is 9.59 Å². The van der Waals surface area contributed by atoms with Gasteiger partial charge in [-0.2, -0.15) is 0 Å². The van der Waals surface area contributed by atoms with E-state index in [4.69, 9.17) is 5.11 Å². The topological polar surface area (TPSA) is 66.4 Å². The maximum absolute atomic E-state index is 10.2. The summed E-state index contributed by atoms with van der Waals surface area (Å²) in [5, 5.41) is 10.4. The van der Waals surface area contributed by atoms with Crippen molar-refractivity contribution in [3.8, 4) is 0 Å². The Bertz CT molecular complexity index is 271. The molecule has 1 aromatic carbocycles. The zero-order valence-electron chi connectivity index (χ0n) is 8.81. The van der Waals surface area contributed by atoms with Gasteiger partial charge in [0.15, 0.2) is 0 Å². The van der Waals surface area contributed by atoms with E-state index < -0.39 is 12.0 Å². The number of nitrogens with one attached hydrogen (secondary N) is 1. The molecule has 0 fully saturated rings. The molecule has 15 heavy (non-hydrogen) atoms. The highest BCUT2D eigenvalue weighted by molar-refractivity contribution is 5.81. The van der Waals surface area contributed by atoms with Gasteiger partial charge in [-0.25, -0.2) is 0 Å². The zero-order chi connectivity index (χ0) is 11.7. The fourth-order valence-corrected chi connectivity index (χ4v) is 0.752. The summed E-state index contributed by atoms with van der Waals surface area (Å²) >= 11 is 0. The molecule has 0 saturated carbocycles. The Morgan fingerprint density at radius 3 is 1.53 bits per heavy atom. The molecule has 4 nitrogen and oxygen atoms in total. The quantitative estimate of drug-likeness (QED) is 0.771. The molecule has 0 spiro atoms. The fourth-order valence-electron chi connectivity index (χ4n) is 0.752. The number of hydrogen-bond acceptors (Lipinski definition) is 2. The normalized spacial score (nSPS) is 10.5. The van der Waals surface area contributed by atoms with Gasteiger partial charge in [0.25, 0.3) is 0 Å². The summed E-state index contributed by atoms with van der Waals surface area (Å²) in [6, 6.07) is 11.2. The summed E-state index contributed by atoms with van der Waals surface area (Å²) < 4.78 is 0. The summed E-state index contributed by atoms with van der Waals surface area (Å²) in [4.78, 5) is 20.2. The van der Waals surface area contributed by atoms with Crippen LogP contribution in [0.3, 0.4) is 0 Å². The molecule has 82 valence electrons. The Hall–Kier alpha value is -1.84. The third-order valence-corrected chi connectivity index (χ3v) is 1.46. The second kappa shape index (κ2) is 7.55. The minimum absolute atomic E-state index is 0.329.